The van der Waals surface area contributed by atoms with E-state index in [-0.39, 0.29) is 12.4 Å². The van der Waals surface area contributed by atoms with Crippen molar-refractivity contribution in [3.05, 3.63) is 64.4 Å². The molecule has 0 saturated carbocycles. The molecule has 2 aromatic carbocycles. The van der Waals surface area contributed by atoms with Gasteiger partial charge >= 0.3 is 5.97 Å². The Kier molecular flexibility index (Phi) is 3.90. The Morgan fingerprint density at radius 3 is 2.64 bits per heavy atom. The van der Waals surface area contributed by atoms with Gasteiger partial charge in [-0.25, -0.2) is 0 Å². The van der Waals surface area contributed by atoms with E-state index in [1.165, 1.54) is 0 Å². The molecule has 0 aliphatic heterocycles. The number of ether oxygens (including phenoxy) is 1. The predicted molar refractivity (Wildman–Crippen MR) is 86.5 cm³/mol. The lowest BCUT2D eigenvalue weighted by Crippen LogP contribution is -2.11. The van der Waals surface area contributed by atoms with Crippen molar-refractivity contribution in [2.24, 2.45) is 0 Å². The number of benzene rings is 2. The van der Waals surface area contributed by atoms with E-state index in [9.17, 15) is 4.79 Å². The molecule has 0 N–H and O–H groups in total. The third kappa shape index (κ3) is 3.00. The lowest BCUT2D eigenvalue weighted by molar-refractivity contribution is -0.133. The average molecular weight is 315 g/mol. The number of halogens is 1. The van der Waals surface area contributed by atoms with Crippen LogP contribution in [0.1, 0.15) is 16.7 Å². The molecule has 0 bridgehead atoms. The molecule has 1 aromatic heterocycles. The minimum Gasteiger partial charge on any atom is -0.464 e. The molecule has 22 heavy (non-hydrogen) atoms. The Balaban J connectivity index is 1.81. The van der Waals surface area contributed by atoms with Gasteiger partial charge in [0.25, 0.3) is 0 Å². The third-order valence-corrected chi connectivity index (χ3v) is 3.73. The summed E-state index contributed by atoms with van der Waals surface area (Å²) in [6.45, 7) is 4.03. The maximum atomic E-state index is 12.1. The zero-order valence-corrected chi connectivity index (χ0v) is 13.1. The van der Waals surface area contributed by atoms with Crippen LogP contribution in [0, 0.1) is 13.8 Å². The average Bonchev–Trinajstić information content (AvgIpc) is 2.84. The maximum absolute atomic E-state index is 12.1. The highest BCUT2D eigenvalue weighted by Gasteiger charge is 2.14. The maximum Gasteiger partial charge on any atom is 0.315 e. The van der Waals surface area contributed by atoms with E-state index >= 15 is 0 Å². The molecule has 3 nitrogen and oxygen atoms in total. The number of carbonyl (C=O) groups excluding carboxylic acids is 1. The molecule has 3 rings (SSSR count). The van der Waals surface area contributed by atoms with Gasteiger partial charge in [0.2, 0.25) is 0 Å². The third-order valence-electron chi connectivity index (χ3n) is 3.47. The van der Waals surface area contributed by atoms with Crippen molar-refractivity contribution in [1.82, 2.24) is 0 Å². The Bertz CT molecular complexity index is 831. The highest BCUT2D eigenvalue weighted by atomic mass is 35.5. The van der Waals surface area contributed by atoms with Crippen LogP contribution >= 0.6 is 11.6 Å². The number of hydrogen-bond donors (Lipinski definition) is 0. The van der Waals surface area contributed by atoms with E-state index in [0.717, 1.165) is 27.7 Å². The van der Waals surface area contributed by atoms with Gasteiger partial charge in [0.15, 0.2) is 0 Å². The fourth-order valence-electron chi connectivity index (χ4n) is 2.58. The molecule has 0 atom stereocenters. The van der Waals surface area contributed by atoms with E-state index in [1.54, 1.807) is 30.5 Å². The van der Waals surface area contributed by atoms with Crippen LogP contribution in [0.15, 0.2) is 47.1 Å². The SMILES string of the molecule is Cc1cc(C)c2c(CC(=O)Oc3ccc(Cl)cc3)coc2c1. The zero-order valence-electron chi connectivity index (χ0n) is 12.4. The molecule has 3 aromatic rings. The van der Waals surface area contributed by atoms with E-state index in [0.29, 0.717) is 10.8 Å². The first-order valence-corrected chi connectivity index (χ1v) is 7.34. The van der Waals surface area contributed by atoms with Crippen molar-refractivity contribution < 1.29 is 13.9 Å². The molecule has 0 fully saturated rings. The molecule has 0 saturated heterocycles. The topological polar surface area (TPSA) is 39.4 Å². The number of carbonyl (C=O) groups is 1. The van der Waals surface area contributed by atoms with Gasteiger partial charge in [-0.2, -0.15) is 0 Å². The van der Waals surface area contributed by atoms with Crippen molar-refractivity contribution >= 4 is 28.5 Å². The molecule has 0 aliphatic carbocycles. The number of furan rings is 1. The van der Waals surface area contributed by atoms with Gasteiger partial charge in [0.05, 0.1) is 12.7 Å². The van der Waals surface area contributed by atoms with Gasteiger partial charge in [-0.1, -0.05) is 17.7 Å². The van der Waals surface area contributed by atoms with Gasteiger partial charge < -0.3 is 9.15 Å². The lowest BCUT2D eigenvalue weighted by Gasteiger charge is -2.04. The first kappa shape index (κ1) is 14.7. The molecule has 0 amide bonds. The van der Waals surface area contributed by atoms with Crippen LogP contribution in [-0.4, -0.2) is 5.97 Å². The largest absolute Gasteiger partial charge is 0.464 e. The highest BCUT2D eigenvalue weighted by molar-refractivity contribution is 6.30. The van der Waals surface area contributed by atoms with E-state index in [4.69, 9.17) is 20.8 Å². The number of rotatable bonds is 3. The van der Waals surface area contributed by atoms with Crippen molar-refractivity contribution in [2.75, 3.05) is 0 Å². The van der Waals surface area contributed by atoms with E-state index in [2.05, 4.69) is 6.07 Å². The second kappa shape index (κ2) is 5.85. The predicted octanol–water partition coefficient (Wildman–Crippen LogP) is 4.85. The molecular weight excluding hydrogens is 300 g/mol. The van der Waals surface area contributed by atoms with Crippen LogP contribution in [0.5, 0.6) is 5.75 Å². The first-order chi connectivity index (χ1) is 10.5. The minimum atomic E-state index is -0.329. The summed E-state index contributed by atoms with van der Waals surface area (Å²) in [5.74, 6) is 0.153. The molecule has 0 aliphatic rings. The second-order valence-corrected chi connectivity index (χ2v) is 5.76. The number of hydrogen-bond acceptors (Lipinski definition) is 3. The molecule has 4 heteroatoms. The second-order valence-electron chi connectivity index (χ2n) is 5.32. The number of aryl methyl sites for hydroxylation is 2. The summed E-state index contributed by atoms with van der Waals surface area (Å²) in [5.41, 5.74) is 3.87. The van der Waals surface area contributed by atoms with Crippen LogP contribution < -0.4 is 4.74 Å². The first-order valence-electron chi connectivity index (χ1n) is 6.96. The van der Waals surface area contributed by atoms with Gasteiger partial charge in [0, 0.05) is 16.0 Å². The molecule has 0 unspecified atom stereocenters. The van der Waals surface area contributed by atoms with Crippen LogP contribution in [0.2, 0.25) is 5.02 Å². The van der Waals surface area contributed by atoms with Crippen molar-refractivity contribution in [1.29, 1.82) is 0 Å². The summed E-state index contributed by atoms with van der Waals surface area (Å²) in [6.07, 6.45) is 1.79. The molecular formula is C18H15ClO3. The molecule has 1 heterocycles. The summed E-state index contributed by atoms with van der Waals surface area (Å²) >= 11 is 5.81. The van der Waals surface area contributed by atoms with Crippen LogP contribution in [-0.2, 0) is 11.2 Å². The smallest absolute Gasteiger partial charge is 0.315 e. The van der Waals surface area contributed by atoms with Gasteiger partial charge in [0.1, 0.15) is 11.3 Å². The zero-order chi connectivity index (χ0) is 15.7. The Labute approximate surface area is 133 Å². The highest BCUT2D eigenvalue weighted by Crippen LogP contribution is 2.27. The van der Waals surface area contributed by atoms with Crippen molar-refractivity contribution in [2.45, 2.75) is 20.3 Å². The van der Waals surface area contributed by atoms with Gasteiger partial charge in [-0.05, 0) is 55.3 Å². The standard InChI is InChI=1S/C18H15ClO3/c1-11-7-12(2)18-13(10-21-16(18)8-11)9-17(20)22-15-5-3-14(19)4-6-15/h3-8,10H,9H2,1-2H3. The summed E-state index contributed by atoms with van der Waals surface area (Å²) < 4.78 is 10.9. The Morgan fingerprint density at radius 2 is 1.91 bits per heavy atom. The Hall–Kier alpha value is -2.26. The lowest BCUT2D eigenvalue weighted by atomic mass is 10.0. The van der Waals surface area contributed by atoms with Crippen LogP contribution in [0.4, 0.5) is 0 Å². The summed E-state index contributed by atoms with van der Waals surface area (Å²) in [7, 11) is 0. The summed E-state index contributed by atoms with van der Waals surface area (Å²) in [5, 5.41) is 1.59. The van der Waals surface area contributed by atoms with Gasteiger partial charge in [-0.15, -0.1) is 0 Å². The molecule has 0 radical (unpaired) electrons. The monoisotopic (exact) mass is 314 g/mol. The minimum absolute atomic E-state index is 0.166. The summed E-state index contributed by atoms with van der Waals surface area (Å²) in [4.78, 5) is 12.1. The Morgan fingerprint density at radius 1 is 1.18 bits per heavy atom. The van der Waals surface area contributed by atoms with Crippen molar-refractivity contribution in [3.63, 3.8) is 0 Å². The van der Waals surface area contributed by atoms with Crippen LogP contribution in [0.3, 0.4) is 0 Å². The molecule has 0 spiro atoms. The summed E-state index contributed by atoms with van der Waals surface area (Å²) in [6, 6.07) is 10.8. The fourth-order valence-corrected chi connectivity index (χ4v) is 2.71. The van der Waals surface area contributed by atoms with Crippen LogP contribution in [0.25, 0.3) is 11.0 Å². The normalized spacial score (nSPS) is 10.9. The van der Waals surface area contributed by atoms with E-state index < -0.39 is 0 Å². The van der Waals surface area contributed by atoms with Crippen molar-refractivity contribution in [3.8, 4) is 5.75 Å². The number of fused-ring (bicyclic) bond motifs is 1. The quantitative estimate of drug-likeness (QED) is 0.512. The number of esters is 1. The fraction of sp³-hybridized carbons (Fsp3) is 0.167. The van der Waals surface area contributed by atoms with Gasteiger partial charge in [-0.3, -0.25) is 4.79 Å². The van der Waals surface area contributed by atoms with E-state index in [1.807, 2.05) is 19.9 Å². The molecule has 112 valence electrons.